The number of rotatable bonds is 1. The van der Waals surface area contributed by atoms with Crippen molar-refractivity contribution in [1.82, 2.24) is 4.57 Å². The summed E-state index contributed by atoms with van der Waals surface area (Å²) in [4.78, 5) is 23.6. The molecule has 0 spiro atoms. The van der Waals surface area contributed by atoms with E-state index in [0.717, 1.165) is 33.3 Å². The number of Topliss-reactive ketones (excluding diaryl/α,β-unsaturated/α-hetero) is 1. The zero-order valence-electron chi connectivity index (χ0n) is 11.9. The Labute approximate surface area is 117 Å². The third-order valence-electron chi connectivity index (χ3n) is 4.24. The van der Waals surface area contributed by atoms with Crippen LogP contribution in [0, 0.1) is 19.8 Å². The predicted molar refractivity (Wildman–Crippen MR) is 76.2 cm³/mol. The van der Waals surface area contributed by atoms with Gasteiger partial charge in [-0.2, -0.15) is 0 Å². The van der Waals surface area contributed by atoms with Crippen molar-refractivity contribution in [3.63, 3.8) is 0 Å². The number of hydrogen-bond acceptors (Lipinski definition) is 2. The summed E-state index contributed by atoms with van der Waals surface area (Å²) in [6, 6.07) is 4.12. The number of carbonyl (C=O) groups is 2. The van der Waals surface area contributed by atoms with E-state index in [4.69, 9.17) is 0 Å². The number of aryl methyl sites for hydroxylation is 3. The predicted octanol–water partition coefficient (Wildman–Crippen LogP) is 2.62. The van der Waals surface area contributed by atoms with Crippen LogP contribution in [-0.2, 0) is 18.3 Å². The molecule has 1 unspecified atom stereocenters. The van der Waals surface area contributed by atoms with Gasteiger partial charge in [0.1, 0.15) is 0 Å². The smallest absolute Gasteiger partial charge is 0.307 e. The molecule has 4 heteroatoms. The van der Waals surface area contributed by atoms with E-state index < -0.39 is 11.9 Å². The van der Waals surface area contributed by atoms with E-state index in [-0.39, 0.29) is 12.2 Å². The fourth-order valence-corrected chi connectivity index (χ4v) is 3.41. The highest BCUT2D eigenvalue weighted by atomic mass is 16.4. The Morgan fingerprint density at radius 2 is 2.00 bits per heavy atom. The molecule has 0 fully saturated rings. The molecular formula is C16H17NO3. The molecule has 1 aliphatic carbocycles. The fraction of sp³-hybridized carbons (Fsp3) is 0.375. The molecule has 20 heavy (non-hydrogen) atoms. The van der Waals surface area contributed by atoms with Crippen molar-refractivity contribution in [1.29, 1.82) is 0 Å². The first kappa shape index (κ1) is 12.9. The molecule has 0 amide bonds. The monoisotopic (exact) mass is 271 g/mol. The van der Waals surface area contributed by atoms with E-state index in [1.807, 2.05) is 31.5 Å². The lowest BCUT2D eigenvalue weighted by atomic mass is 9.85. The second-order valence-electron chi connectivity index (χ2n) is 5.73. The molecule has 4 nitrogen and oxygen atoms in total. The first-order valence-corrected chi connectivity index (χ1v) is 6.74. The Hall–Kier alpha value is -2.10. The van der Waals surface area contributed by atoms with Crippen LogP contribution in [0.2, 0.25) is 0 Å². The summed E-state index contributed by atoms with van der Waals surface area (Å²) >= 11 is 0. The number of carbonyl (C=O) groups excluding carboxylic acids is 1. The van der Waals surface area contributed by atoms with Crippen LogP contribution < -0.4 is 0 Å². The second-order valence-corrected chi connectivity index (χ2v) is 5.73. The standard InChI is InChI=1S/C16H17NO3/c1-8-4-9(2)15-11(5-8)14-12(17(15)3)6-10(16(19)20)7-13(14)18/h4-5,10H,6-7H2,1-3H3,(H,19,20). The largest absolute Gasteiger partial charge is 0.481 e. The topological polar surface area (TPSA) is 59.3 Å². The number of carboxylic acids is 1. The first-order chi connectivity index (χ1) is 9.40. The molecule has 2 aromatic rings. The summed E-state index contributed by atoms with van der Waals surface area (Å²) in [6.07, 6.45) is 0.536. The zero-order chi connectivity index (χ0) is 14.6. The van der Waals surface area contributed by atoms with Gasteiger partial charge in [-0.15, -0.1) is 0 Å². The van der Waals surface area contributed by atoms with E-state index >= 15 is 0 Å². The molecule has 0 radical (unpaired) electrons. The van der Waals surface area contributed by atoms with Gasteiger partial charge in [0.25, 0.3) is 0 Å². The van der Waals surface area contributed by atoms with Gasteiger partial charge in [-0.25, -0.2) is 0 Å². The highest BCUT2D eigenvalue weighted by molar-refractivity contribution is 6.12. The third-order valence-corrected chi connectivity index (χ3v) is 4.24. The van der Waals surface area contributed by atoms with E-state index in [9.17, 15) is 14.7 Å². The number of aromatic nitrogens is 1. The number of benzene rings is 1. The molecule has 1 aromatic carbocycles. The molecule has 1 heterocycles. The number of nitrogens with zero attached hydrogens (tertiary/aromatic N) is 1. The lowest BCUT2D eigenvalue weighted by Crippen LogP contribution is -2.27. The number of carboxylic acid groups (broad SMARTS) is 1. The molecule has 1 atom stereocenters. The van der Waals surface area contributed by atoms with Crippen LogP contribution in [0.15, 0.2) is 12.1 Å². The van der Waals surface area contributed by atoms with Crippen molar-refractivity contribution >= 4 is 22.7 Å². The van der Waals surface area contributed by atoms with Crippen molar-refractivity contribution in [2.75, 3.05) is 0 Å². The summed E-state index contributed by atoms with van der Waals surface area (Å²) < 4.78 is 1.99. The van der Waals surface area contributed by atoms with Crippen molar-refractivity contribution < 1.29 is 14.7 Å². The van der Waals surface area contributed by atoms with Gasteiger partial charge in [0.05, 0.1) is 11.4 Å². The SMILES string of the molecule is Cc1cc(C)c2c(c1)c1c(n2C)CC(C(=O)O)CC1=O. The summed E-state index contributed by atoms with van der Waals surface area (Å²) in [5.74, 6) is -1.53. The summed E-state index contributed by atoms with van der Waals surface area (Å²) in [7, 11) is 1.92. The molecule has 1 N–H and O–H groups in total. The Morgan fingerprint density at radius 3 is 2.65 bits per heavy atom. The van der Waals surface area contributed by atoms with Crippen LogP contribution in [0.25, 0.3) is 10.9 Å². The molecule has 104 valence electrons. The van der Waals surface area contributed by atoms with Crippen molar-refractivity contribution in [3.8, 4) is 0 Å². The average Bonchev–Trinajstić information content (AvgIpc) is 2.63. The molecule has 1 aromatic heterocycles. The van der Waals surface area contributed by atoms with Gasteiger partial charge in [-0.1, -0.05) is 11.6 Å². The molecular weight excluding hydrogens is 254 g/mol. The molecule has 0 saturated carbocycles. The maximum absolute atomic E-state index is 12.4. The quantitative estimate of drug-likeness (QED) is 0.867. The normalized spacial score (nSPS) is 18.4. The summed E-state index contributed by atoms with van der Waals surface area (Å²) in [6.45, 7) is 4.04. The number of aliphatic carboxylic acids is 1. The van der Waals surface area contributed by atoms with Gasteiger partial charge < -0.3 is 9.67 Å². The highest BCUT2D eigenvalue weighted by Crippen LogP contribution is 2.35. The Kier molecular flexibility index (Phi) is 2.71. The van der Waals surface area contributed by atoms with Gasteiger partial charge in [0.2, 0.25) is 0 Å². The van der Waals surface area contributed by atoms with E-state index in [1.165, 1.54) is 0 Å². The van der Waals surface area contributed by atoms with Gasteiger partial charge in [0, 0.05) is 36.5 Å². The van der Waals surface area contributed by atoms with Crippen molar-refractivity contribution in [3.05, 3.63) is 34.5 Å². The summed E-state index contributed by atoms with van der Waals surface area (Å²) in [5, 5.41) is 10.2. The van der Waals surface area contributed by atoms with Crippen LogP contribution in [0.1, 0.15) is 33.6 Å². The third kappa shape index (κ3) is 1.68. The van der Waals surface area contributed by atoms with E-state index in [0.29, 0.717) is 6.42 Å². The Morgan fingerprint density at radius 1 is 1.30 bits per heavy atom. The van der Waals surface area contributed by atoms with Gasteiger partial charge in [-0.3, -0.25) is 9.59 Å². The van der Waals surface area contributed by atoms with E-state index in [2.05, 4.69) is 6.07 Å². The van der Waals surface area contributed by atoms with Crippen LogP contribution in [0.5, 0.6) is 0 Å². The molecule has 1 aliphatic rings. The molecule has 3 rings (SSSR count). The summed E-state index contributed by atoms with van der Waals surface area (Å²) in [5.41, 5.74) is 4.87. The lowest BCUT2D eigenvalue weighted by molar-refractivity contribution is -0.141. The molecule has 0 bridgehead atoms. The minimum Gasteiger partial charge on any atom is -0.481 e. The second kappa shape index (κ2) is 4.20. The fourth-order valence-electron chi connectivity index (χ4n) is 3.41. The van der Waals surface area contributed by atoms with Gasteiger partial charge >= 0.3 is 5.97 Å². The maximum atomic E-state index is 12.4. The maximum Gasteiger partial charge on any atom is 0.307 e. The number of fused-ring (bicyclic) bond motifs is 3. The molecule has 0 saturated heterocycles. The lowest BCUT2D eigenvalue weighted by Gasteiger charge is -2.19. The first-order valence-electron chi connectivity index (χ1n) is 6.74. The Balaban J connectivity index is 2.33. The van der Waals surface area contributed by atoms with Crippen molar-refractivity contribution in [2.24, 2.45) is 13.0 Å². The minimum atomic E-state index is -0.887. The highest BCUT2D eigenvalue weighted by Gasteiger charge is 2.34. The zero-order valence-corrected chi connectivity index (χ0v) is 11.9. The van der Waals surface area contributed by atoms with E-state index in [1.54, 1.807) is 0 Å². The Bertz CT molecular complexity index is 755. The molecule has 0 aliphatic heterocycles. The van der Waals surface area contributed by atoms with Crippen LogP contribution in [0.4, 0.5) is 0 Å². The van der Waals surface area contributed by atoms with Crippen LogP contribution in [0.3, 0.4) is 0 Å². The van der Waals surface area contributed by atoms with Gasteiger partial charge in [0.15, 0.2) is 5.78 Å². The minimum absolute atomic E-state index is 0.0470. The number of hydrogen-bond donors (Lipinski definition) is 1. The van der Waals surface area contributed by atoms with Crippen molar-refractivity contribution in [2.45, 2.75) is 26.7 Å². The number of ketones is 1. The average molecular weight is 271 g/mol. The van der Waals surface area contributed by atoms with Gasteiger partial charge in [-0.05, 0) is 25.5 Å². The van der Waals surface area contributed by atoms with Crippen LogP contribution >= 0.6 is 0 Å². The van der Waals surface area contributed by atoms with Crippen LogP contribution in [-0.4, -0.2) is 21.4 Å².